The highest BCUT2D eigenvalue weighted by atomic mass is 32.2. The van der Waals surface area contributed by atoms with Crippen LogP contribution in [0.5, 0.6) is 0 Å². The Bertz CT molecular complexity index is 725. The molecule has 118 valence electrons. The summed E-state index contributed by atoms with van der Waals surface area (Å²) < 4.78 is 29.1. The molecule has 0 spiro atoms. The Morgan fingerprint density at radius 2 is 1.73 bits per heavy atom. The second-order valence-electron chi connectivity index (χ2n) is 5.81. The van der Waals surface area contributed by atoms with Crippen molar-refractivity contribution in [2.75, 3.05) is 13.1 Å². The zero-order chi connectivity index (χ0) is 15.7. The van der Waals surface area contributed by atoms with E-state index in [4.69, 9.17) is 0 Å². The highest BCUT2D eigenvalue weighted by molar-refractivity contribution is 7.89. The molecule has 1 fully saturated rings. The lowest BCUT2D eigenvalue weighted by molar-refractivity contribution is 0.270. The van der Waals surface area contributed by atoms with Crippen LogP contribution >= 0.6 is 0 Å². The third-order valence-corrected chi connectivity index (χ3v) is 6.27. The molecule has 0 bridgehead atoms. The number of aromatic nitrogens is 2. The van der Waals surface area contributed by atoms with Crippen molar-refractivity contribution in [3.05, 3.63) is 48.0 Å². The predicted molar refractivity (Wildman–Crippen MR) is 85.2 cm³/mol. The first kappa shape index (κ1) is 15.2. The lowest BCUT2D eigenvalue weighted by atomic mass is 10.1. The topological polar surface area (TPSA) is 55.2 Å². The van der Waals surface area contributed by atoms with Crippen molar-refractivity contribution < 1.29 is 8.42 Å². The van der Waals surface area contributed by atoms with Crippen molar-refractivity contribution in [1.29, 1.82) is 0 Å². The first-order valence-corrected chi connectivity index (χ1v) is 8.99. The summed E-state index contributed by atoms with van der Waals surface area (Å²) in [4.78, 5) is 4.19. The molecule has 5 nitrogen and oxygen atoms in total. The molecule has 0 aliphatic carbocycles. The Labute approximate surface area is 131 Å². The van der Waals surface area contributed by atoms with Gasteiger partial charge in [-0.25, -0.2) is 8.42 Å². The van der Waals surface area contributed by atoms with E-state index in [1.165, 1.54) is 17.6 Å². The van der Waals surface area contributed by atoms with Crippen LogP contribution in [0.15, 0.2) is 41.6 Å². The van der Waals surface area contributed by atoms with Gasteiger partial charge in [-0.3, -0.25) is 4.98 Å². The SMILES string of the molecule is Cc1ccc(C)n1C1CCN(S(=O)(=O)c2cccnc2)CC1. The summed E-state index contributed by atoms with van der Waals surface area (Å²) in [5.41, 5.74) is 2.48. The van der Waals surface area contributed by atoms with Crippen molar-refractivity contribution in [1.82, 2.24) is 13.9 Å². The Hall–Kier alpha value is -1.66. The standard InChI is InChI=1S/C16H21N3O2S/c1-13-5-6-14(2)19(13)15-7-10-18(11-8-15)22(20,21)16-4-3-9-17-12-16/h3-6,9,12,15H,7-8,10-11H2,1-2H3. The van der Waals surface area contributed by atoms with Crippen molar-refractivity contribution in [2.45, 2.75) is 37.6 Å². The molecule has 6 heteroatoms. The highest BCUT2D eigenvalue weighted by Gasteiger charge is 2.30. The molecular weight excluding hydrogens is 298 g/mol. The van der Waals surface area contributed by atoms with Gasteiger partial charge in [0.05, 0.1) is 0 Å². The third-order valence-electron chi connectivity index (χ3n) is 4.39. The fraction of sp³-hybridized carbons (Fsp3) is 0.438. The van der Waals surface area contributed by atoms with E-state index in [9.17, 15) is 8.42 Å². The van der Waals surface area contributed by atoms with Crippen molar-refractivity contribution in [3.63, 3.8) is 0 Å². The minimum Gasteiger partial charge on any atom is -0.346 e. The van der Waals surface area contributed by atoms with E-state index in [1.54, 1.807) is 22.6 Å². The Morgan fingerprint density at radius 1 is 1.09 bits per heavy atom. The van der Waals surface area contributed by atoms with E-state index < -0.39 is 10.0 Å². The number of hydrogen-bond donors (Lipinski definition) is 0. The summed E-state index contributed by atoms with van der Waals surface area (Å²) in [5.74, 6) is 0. The van der Waals surface area contributed by atoms with Crippen LogP contribution in [0.25, 0.3) is 0 Å². The maximum absolute atomic E-state index is 12.6. The monoisotopic (exact) mass is 319 g/mol. The molecule has 0 aromatic carbocycles. The highest BCUT2D eigenvalue weighted by Crippen LogP contribution is 2.29. The number of nitrogens with zero attached hydrogens (tertiary/aromatic N) is 3. The molecule has 1 aliphatic heterocycles. The molecule has 22 heavy (non-hydrogen) atoms. The molecule has 3 heterocycles. The van der Waals surface area contributed by atoms with E-state index in [2.05, 4.69) is 35.5 Å². The van der Waals surface area contributed by atoms with Gasteiger partial charge in [0.15, 0.2) is 0 Å². The van der Waals surface area contributed by atoms with Gasteiger partial charge < -0.3 is 4.57 Å². The second kappa shape index (κ2) is 5.85. The van der Waals surface area contributed by atoms with Gasteiger partial charge in [-0.05, 0) is 51.0 Å². The van der Waals surface area contributed by atoms with Gasteiger partial charge in [0.25, 0.3) is 0 Å². The van der Waals surface area contributed by atoms with Crippen molar-refractivity contribution in [3.8, 4) is 0 Å². The summed E-state index contributed by atoms with van der Waals surface area (Å²) in [6.07, 6.45) is 4.69. The number of hydrogen-bond acceptors (Lipinski definition) is 3. The summed E-state index contributed by atoms with van der Waals surface area (Å²) in [7, 11) is -3.41. The summed E-state index contributed by atoms with van der Waals surface area (Å²) in [5, 5.41) is 0. The van der Waals surface area contributed by atoms with Crippen LogP contribution < -0.4 is 0 Å². The molecule has 2 aromatic heterocycles. The maximum Gasteiger partial charge on any atom is 0.244 e. The fourth-order valence-corrected chi connectivity index (χ4v) is 4.68. The van der Waals surface area contributed by atoms with Gasteiger partial charge in [0, 0.05) is 42.9 Å². The maximum atomic E-state index is 12.6. The molecule has 0 amide bonds. The Morgan fingerprint density at radius 3 is 2.27 bits per heavy atom. The summed E-state index contributed by atoms with van der Waals surface area (Å²) in [6.45, 7) is 5.31. The van der Waals surface area contributed by atoms with Crippen LogP contribution in [-0.4, -0.2) is 35.4 Å². The van der Waals surface area contributed by atoms with Crippen LogP contribution in [0, 0.1) is 13.8 Å². The van der Waals surface area contributed by atoms with Crippen LogP contribution in [0.2, 0.25) is 0 Å². The molecular formula is C16H21N3O2S. The fourth-order valence-electron chi connectivity index (χ4n) is 3.25. The summed E-state index contributed by atoms with van der Waals surface area (Å²) >= 11 is 0. The molecule has 2 aromatic rings. The number of rotatable bonds is 3. The molecule has 1 saturated heterocycles. The van der Waals surface area contributed by atoms with Gasteiger partial charge in [-0.2, -0.15) is 4.31 Å². The third kappa shape index (κ3) is 2.68. The normalized spacial score (nSPS) is 17.7. The van der Waals surface area contributed by atoms with Gasteiger partial charge >= 0.3 is 0 Å². The second-order valence-corrected chi connectivity index (χ2v) is 7.75. The number of aryl methyl sites for hydroxylation is 2. The molecule has 0 unspecified atom stereocenters. The minimum atomic E-state index is -3.41. The van der Waals surface area contributed by atoms with Crippen LogP contribution in [0.1, 0.15) is 30.3 Å². The number of sulfonamides is 1. The molecule has 0 saturated carbocycles. The van der Waals surface area contributed by atoms with Gasteiger partial charge in [0.2, 0.25) is 10.0 Å². The average molecular weight is 319 g/mol. The van der Waals surface area contributed by atoms with E-state index in [1.807, 2.05) is 0 Å². The quantitative estimate of drug-likeness (QED) is 0.873. The summed E-state index contributed by atoms with van der Waals surface area (Å²) in [6, 6.07) is 7.89. The lowest BCUT2D eigenvalue weighted by Gasteiger charge is -2.33. The molecule has 1 aliphatic rings. The first-order valence-electron chi connectivity index (χ1n) is 7.55. The van der Waals surface area contributed by atoms with Gasteiger partial charge in [0.1, 0.15) is 4.90 Å². The van der Waals surface area contributed by atoms with Gasteiger partial charge in [-0.15, -0.1) is 0 Å². The zero-order valence-corrected chi connectivity index (χ0v) is 13.8. The van der Waals surface area contributed by atoms with E-state index in [0.717, 1.165) is 12.8 Å². The molecule has 0 N–H and O–H groups in total. The predicted octanol–water partition coefficient (Wildman–Crippen LogP) is 2.53. The first-order chi connectivity index (χ1) is 10.5. The Kier molecular flexibility index (Phi) is 4.06. The van der Waals surface area contributed by atoms with Crippen LogP contribution in [0.3, 0.4) is 0 Å². The molecule has 0 atom stereocenters. The molecule has 3 rings (SSSR count). The van der Waals surface area contributed by atoms with Gasteiger partial charge in [-0.1, -0.05) is 0 Å². The van der Waals surface area contributed by atoms with E-state index >= 15 is 0 Å². The van der Waals surface area contributed by atoms with Crippen molar-refractivity contribution in [2.24, 2.45) is 0 Å². The Balaban J connectivity index is 1.75. The minimum absolute atomic E-state index is 0.279. The number of pyridine rings is 1. The largest absolute Gasteiger partial charge is 0.346 e. The number of piperidine rings is 1. The lowest BCUT2D eigenvalue weighted by Crippen LogP contribution is -2.39. The van der Waals surface area contributed by atoms with E-state index in [-0.39, 0.29) is 4.90 Å². The van der Waals surface area contributed by atoms with E-state index in [0.29, 0.717) is 19.1 Å². The van der Waals surface area contributed by atoms with Crippen LogP contribution in [0.4, 0.5) is 0 Å². The average Bonchev–Trinajstić information content (AvgIpc) is 2.87. The smallest absolute Gasteiger partial charge is 0.244 e. The van der Waals surface area contributed by atoms with Crippen molar-refractivity contribution >= 4 is 10.0 Å². The van der Waals surface area contributed by atoms with Crippen LogP contribution in [-0.2, 0) is 10.0 Å². The zero-order valence-electron chi connectivity index (χ0n) is 12.9. The molecule has 0 radical (unpaired) electrons.